The first-order chi connectivity index (χ1) is 9.13. The van der Waals surface area contributed by atoms with E-state index in [-0.39, 0.29) is 5.82 Å². The number of carbonyl (C=O) groups excluding carboxylic acids is 1. The molecule has 2 rings (SSSR count). The van der Waals surface area contributed by atoms with Crippen molar-refractivity contribution in [3.05, 3.63) is 29.6 Å². The van der Waals surface area contributed by atoms with Gasteiger partial charge in [0.2, 0.25) is 0 Å². The maximum atomic E-state index is 14.0. The second kappa shape index (κ2) is 6.18. The number of halogens is 1. The number of nitrogens with zero attached hydrogens (tertiary/aromatic N) is 1. The predicted octanol–water partition coefficient (Wildman–Crippen LogP) is 3.90. The van der Waals surface area contributed by atoms with Crippen LogP contribution in [0.2, 0.25) is 0 Å². The minimum atomic E-state index is -0.285. The Morgan fingerprint density at radius 2 is 2.11 bits per heavy atom. The van der Waals surface area contributed by atoms with Gasteiger partial charge in [-0.3, -0.25) is 4.79 Å². The smallest absolute Gasteiger partial charge is 0.152 e. The van der Waals surface area contributed by atoms with E-state index in [1.165, 1.54) is 12.5 Å². The van der Waals surface area contributed by atoms with Crippen molar-refractivity contribution in [2.24, 2.45) is 11.8 Å². The van der Waals surface area contributed by atoms with E-state index >= 15 is 0 Å². The average Bonchev–Trinajstić information content (AvgIpc) is 2.64. The van der Waals surface area contributed by atoms with Gasteiger partial charge in [0.25, 0.3) is 0 Å². The van der Waals surface area contributed by atoms with Gasteiger partial charge in [0.1, 0.15) is 5.82 Å². The molecule has 0 bridgehead atoms. The zero-order valence-electron chi connectivity index (χ0n) is 11.7. The van der Waals surface area contributed by atoms with E-state index in [1.807, 2.05) is 4.90 Å². The van der Waals surface area contributed by atoms with E-state index < -0.39 is 0 Å². The Bertz CT molecular complexity index is 444. The fraction of sp³-hybridized carbons (Fsp3) is 0.562. The Morgan fingerprint density at radius 1 is 1.32 bits per heavy atom. The molecule has 0 spiro atoms. The van der Waals surface area contributed by atoms with Crippen LogP contribution in [0.1, 0.15) is 43.5 Å². The standard InChI is InChI=1S/C16H22FNO/c1-12(2)13-6-4-9-18(10-8-13)16-14(11-19)5-3-7-15(16)17/h3,5,7,11-13H,4,6,8-10H2,1-2H3. The Balaban J connectivity index is 2.21. The summed E-state index contributed by atoms with van der Waals surface area (Å²) in [7, 11) is 0. The number of para-hydroxylation sites is 1. The Kier molecular flexibility index (Phi) is 4.56. The quantitative estimate of drug-likeness (QED) is 0.771. The third kappa shape index (κ3) is 3.14. The molecule has 1 saturated heterocycles. The molecule has 1 aromatic rings. The van der Waals surface area contributed by atoms with Crippen LogP contribution in [0.3, 0.4) is 0 Å². The van der Waals surface area contributed by atoms with Gasteiger partial charge in [-0.05, 0) is 43.2 Å². The van der Waals surface area contributed by atoms with Crippen molar-refractivity contribution in [2.45, 2.75) is 33.1 Å². The summed E-state index contributed by atoms with van der Waals surface area (Å²) in [6.07, 6.45) is 4.09. The zero-order valence-corrected chi connectivity index (χ0v) is 11.7. The van der Waals surface area contributed by atoms with Crippen LogP contribution in [0.4, 0.5) is 10.1 Å². The molecule has 1 heterocycles. The maximum absolute atomic E-state index is 14.0. The molecule has 0 aliphatic carbocycles. The van der Waals surface area contributed by atoms with Gasteiger partial charge in [-0.25, -0.2) is 4.39 Å². The molecule has 0 amide bonds. The van der Waals surface area contributed by atoms with Crippen LogP contribution >= 0.6 is 0 Å². The molecule has 1 unspecified atom stereocenters. The number of hydrogen-bond acceptors (Lipinski definition) is 2. The Morgan fingerprint density at radius 3 is 2.79 bits per heavy atom. The number of hydrogen-bond donors (Lipinski definition) is 0. The van der Waals surface area contributed by atoms with Crippen molar-refractivity contribution in [3.8, 4) is 0 Å². The van der Waals surface area contributed by atoms with Crippen LogP contribution in [-0.2, 0) is 0 Å². The predicted molar refractivity (Wildman–Crippen MR) is 76.2 cm³/mol. The van der Waals surface area contributed by atoms with Crippen LogP contribution in [0, 0.1) is 17.7 Å². The van der Waals surface area contributed by atoms with Crippen LogP contribution in [0.5, 0.6) is 0 Å². The summed E-state index contributed by atoms with van der Waals surface area (Å²) >= 11 is 0. The van der Waals surface area contributed by atoms with Crippen molar-refractivity contribution in [1.82, 2.24) is 0 Å². The highest BCUT2D eigenvalue weighted by Crippen LogP contribution is 2.30. The number of rotatable bonds is 3. The molecule has 3 heteroatoms. The first-order valence-corrected chi connectivity index (χ1v) is 7.12. The van der Waals surface area contributed by atoms with E-state index in [4.69, 9.17) is 0 Å². The summed E-state index contributed by atoms with van der Waals surface area (Å²) in [6.45, 7) is 6.18. The van der Waals surface area contributed by atoms with E-state index in [0.29, 0.717) is 23.1 Å². The van der Waals surface area contributed by atoms with E-state index in [0.717, 1.165) is 32.2 Å². The lowest BCUT2D eigenvalue weighted by Gasteiger charge is -2.25. The third-order valence-corrected chi connectivity index (χ3v) is 4.18. The van der Waals surface area contributed by atoms with E-state index in [2.05, 4.69) is 13.8 Å². The summed E-state index contributed by atoms with van der Waals surface area (Å²) in [4.78, 5) is 13.1. The molecule has 19 heavy (non-hydrogen) atoms. The van der Waals surface area contributed by atoms with Crippen molar-refractivity contribution in [2.75, 3.05) is 18.0 Å². The summed E-state index contributed by atoms with van der Waals surface area (Å²) in [6, 6.07) is 4.72. The number of aldehydes is 1. The molecule has 1 aliphatic rings. The second-order valence-electron chi connectivity index (χ2n) is 5.72. The molecule has 1 fully saturated rings. The molecular formula is C16H22FNO. The highest BCUT2D eigenvalue weighted by atomic mass is 19.1. The molecule has 104 valence electrons. The second-order valence-corrected chi connectivity index (χ2v) is 5.72. The molecule has 2 nitrogen and oxygen atoms in total. The molecule has 0 aromatic heterocycles. The number of benzene rings is 1. The Hall–Kier alpha value is -1.38. The van der Waals surface area contributed by atoms with Crippen LogP contribution in [0.25, 0.3) is 0 Å². The van der Waals surface area contributed by atoms with Crippen LogP contribution in [-0.4, -0.2) is 19.4 Å². The van der Waals surface area contributed by atoms with Gasteiger partial charge in [0.15, 0.2) is 6.29 Å². The average molecular weight is 263 g/mol. The molecule has 1 aliphatic heterocycles. The zero-order chi connectivity index (χ0) is 13.8. The lowest BCUT2D eigenvalue weighted by Crippen LogP contribution is -2.26. The highest BCUT2D eigenvalue weighted by molar-refractivity contribution is 5.84. The van der Waals surface area contributed by atoms with Crippen LogP contribution < -0.4 is 4.90 Å². The topological polar surface area (TPSA) is 20.3 Å². The van der Waals surface area contributed by atoms with Crippen molar-refractivity contribution in [3.63, 3.8) is 0 Å². The van der Waals surface area contributed by atoms with Gasteiger partial charge in [0, 0.05) is 18.7 Å². The monoisotopic (exact) mass is 263 g/mol. The van der Waals surface area contributed by atoms with Gasteiger partial charge < -0.3 is 4.90 Å². The Labute approximate surface area is 114 Å². The fourth-order valence-corrected chi connectivity index (χ4v) is 2.97. The largest absolute Gasteiger partial charge is 0.369 e. The first-order valence-electron chi connectivity index (χ1n) is 7.12. The van der Waals surface area contributed by atoms with Gasteiger partial charge in [-0.1, -0.05) is 19.9 Å². The van der Waals surface area contributed by atoms with Gasteiger partial charge in [-0.2, -0.15) is 0 Å². The SMILES string of the molecule is CC(C)C1CCCN(c2c(F)cccc2C=O)CC1. The van der Waals surface area contributed by atoms with Crippen LogP contribution in [0.15, 0.2) is 18.2 Å². The normalized spacial score (nSPS) is 20.4. The minimum absolute atomic E-state index is 0.285. The maximum Gasteiger partial charge on any atom is 0.152 e. The highest BCUT2D eigenvalue weighted by Gasteiger charge is 2.22. The van der Waals surface area contributed by atoms with E-state index in [1.54, 1.807) is 12.1 Å². The van der Waals surface area contributed by atoms with Crippen molar-refractivity contribution >= 4 is 12.0 Å². The summed E-state index contributed by atoms with van der Waals surface area (Å²) in [5.74, 6) is 1.09. The van der Waals surface area contributed by atoms with Gasteiger partial charge in [-0.15, -0.1) is 0 Å². The first kappa shape index (κ1) is 14.0. The summed E-state index contributed by atoms with van der Waals surface area (Å²) in [5.41, 5.74) is 0.949. The van der Waals surface area contributed by atoms with Crippen molar-refractivity contribution < 1.29 is 9.18 Å². The van der Waals surface area contributed by atoms with Crippen molar-refractivity contribution in [1.29, 1.82) is 0 Å². The molecule has 1 aromatic carbocycles. The third-order valence-electron chi connectivity index (χ3n) is 4.18. The summed E-state index contributed by atoms with van der Waals surface area (Å²) < 4.78 is 14.0. The molecule has 0 N–H and O–H groups in total. The molecule has 1 atom stereocenters. The summed E-state index contributed by atoms with van der Waals surface area (Å²) in [5, 5.41) is 0. The molecule has 0 saturated carbocycles. The molecular weight excluding hydrogens is 241 g/mol. The fourth-order valence-electron chi connectivity index (χ4n) is 2.97. The molecule has 0 radical (unpaired) electrons. The lowest BCUT2D eigenvalue weighted by molar-refractivity contribution is 0.112. The minimum Gasteiger partial charge on any atom is -0.369 e. The van der Waals surface area contributed by atoms with Gasteiger partial charge >= 0.3 is 0 Å². The van der Waals surface area contributed by atoms with Gasteiger partial charge in [0.05, 0.1) is 5.69 Å². The lowest BCUT2D eigenvalue weighted by atomic mass is 9.89. The number of carbonyl (C=O) groups is 1. The number of anilines is 1. The van der Waals surface area contributed by atoms with E-state index in [9.17, 15) is 9.18 Å².